The molecule has 108 valence electrons. The lowest BCUT2D eigenvalue weighted by Gasteiger charge is -2.28. The van der Waals surface area contributed by atoms with Crippen LogP contribution in [0, 0.1) is 11.7 Å². The number of fused-ring (bicyclic) bond motifs is 1. The number of imidazole rings is 1. The van der Waals surface area contributed by atoms with E-state index in [9.17, 15) is 4.39 Å². The molecule has 0 bridgehead atoms. The first-order valence-corrected chi connectivity index (χ1v) is 8.34. The zero-order valence-corrected chi connectivity index (χ0v) is 13.7. The topological polar surface area (TPSA) is 17.8 Å². The minimum absolute atomic E-state index is 0.246. The number of hydrogen-bond donors (Lipinski definition) is 0. The van der Waals surface area contributed by atoms with Gasteiger partial charge in [-0.15, -0.1) is 11.6 Å². The molecular weight excluding hydrogens is 343 g/mol. The van der Waals surface area contributed by atoms with Crippen molar-refractivity contribution in [3.8, 4) is 0 Å². The molecule has 0 unspecified atom stereocenters. The average molecular weight is 360 g/mol. The quantitative estimate of drug-likeness (QED) is 0.654. The third kappa shape index (κ3) is 2.48. The van der Waals surface area contributed by atoms with Gasteiger partial charge in [0.05, 0.1) is 21.4 Å². The molecule has 2 aromatic rings. The Bertz CT molecular complexity index is 632. The summed E-state index contributed by atoms with van der Waals surface area (Å²) < 4.78 is 16.5. The number of aromatic nitrogens is 2. The summed E-state index contributed by atoms with van der Waals surface area (Å²) in [4.78, 5) is 4.56. The van der Waals surface area contributed by atoms with Crippen molar-refractivity contribution in [3.05, 3.63) is 28.2 Å². The van der Waals surface area contributed by atoms with Crippen molar-refractivity contribution in [2.24, 2.45) is 5.92 Å². The molecule has 5 heteroatoms. The van der Waals surface area contributed by atoms with E-state index in [0.29, 0.717) is 16.4 Å². The van der Waals surface area contributed by atoms with Gasteiger partial charge in [-0.1, -0.05) is 6.92 Å². The number of alkyl halides is 1. The summed E-state index contributed by atoms with van der Waals surface area (Å²) in [5, 5.41) is 0. The van der Waals surface area contributed by atoms with Crippen molar-refractivity contribution in [1.82, 2.24) is 9.55 Å². The van der Waals surface area contributed by atoms with E-state index in [4.69, 9.17) is 11.6 Å². The second-order valence-electron chi connectivity index (χ2n) is 5.70. The minimum atomic E-state index is -0.246. The van der Waals surface area contributed by atoms with E-state index in [1.807, 2.05) is 0 Å². The first-order valence-electron chi connectivity index (χ1n) is 7.02. The Morgan fingerprint density at radius 2 is 2.05 bits per heavy atom. The molecular formula is C15H17BrClFN2. The van der Waals surface area contributed by atoms with Crippen LogP contribution in [0.15, 0.2) is 16.6 Å². The maximum Gasteiger partial charge on any atom is 0.139 e. The standard InChI is InChI=1S/C15H17BrClFN2/c1-9-2-4-10(5-3-9)20-14-7-12(18)11(16)6-13(14)19-15(20)8-17/h6-7,9-10H,2-5,8H2,1H3. The Morgan fingerprint density at radius 1 is 1.35 bits per heavy atom. The fourth-order valence-electron chi connectivity index (χ4n) is 3.14. The lowest BCUT2D eigenvalue weighted by Crippen LogP contribution is -2.18. The molecule has 0 spiro atoms. The van der Waals surface area contributed by atoms with Crippen molar-refractivity contribution in [2.75, 3.05) is 0 Å². The van der Waals surface area contributed by atoms with Crippen LogP contribution in [0.4, 0.5) is 4.39 Å². The van der Waals surface area contributed by atoms with Crippen LogP contribution in [0.5, 0.6) is 0 Å². The molecule has 1 saturated carbocycles. The van der Waals surface area contributed by atoms with E-state index in [2.05, 4.69) is 32.4 Å². The van der Waals surface area contributed by atoms with Gasteiger partial charge in [-0.2, -0.15) is 0 Å². The van der Waals surface area contributed by atoms with Gasteiger partial charge in [0.25, 0.3) is 0 Å². The fourth-order valence-corrected chi connectivity index (χ4v) is 3.66. The van der Waals surface area contributed by atoms with E-state index in [0.717, 1.165) is 35.6 Å². The first kappa shape index (κ1) is 14.3. The third-order valence-corrected chi connectivity index (χ3v) is 5.12. The van der Waals surface area contributed by atoms with E-state index >= 15 is 0 Å². The Kier molecular flexibility index (Phi) is 4.04. The molecule has 0 aliphatic heterocycles. The second kappa shape index (κ2) is 5.64. The molecule has 20 heavy (non-hydrogen) atoms. The maximum absolute atomic E-state index is 13.9. The highest BCUT2D eigenvalue weighted by atomic mass is 79.9. The number of nitrogens with zero attached hydrogens (tertiary/aromatic N) is 2. The van der Waals surface area contributed by atoms with Gasteiger partial charge >= 0.3 is 0 Å². The van der Waals surface area contributed by atoms with Crippen molar-refractivity contribution >= 4 is 38.6 Å². The van der Waals surface area contributed by atoms with Crippen LogP contribution >= 0.6 is 27.5 Å². The fraction of sp³-hybridized carbons (Fsp3) is 0.533. The molecule has 0 atom stereocenters. The van der Waals surface area contributed by atoms with Gasteiger partial charge in [-0.25, -0.2) is 9.37 Å². The Balaban J connectivity index is 2.10. The van der Waals surface area contributed by atoms with E-state index in [-0.39, 0.29) is 5.82 Å². The molecule has 0 radical (unpaired) electrons. The highest BCUT2D eigenvalue weighted by Crippen LogP contribution is 2.36. The normalized spacial score (nSPS) is 23.4. The van der Waals surface area contributed by atoms with Crippen LogP contribution in [0.3, 0.4) is 0 Å². The van der Waals surface area contributed by atoms with E-state index in [1.165, 1.54) is 12.8 Å². The van der Waals surface area contributed by atoms with Crippen LogP contribution in [-0.2, 0) is 5.88 Å². The predicted molar refractivity (Wildman–Crippen MR) is 83.6 cm³/mol. The molecule has 1 aliphatic carbocycles. The summed E-state index contributed by atoms with van der Waals surface area (Å²) in [5.41, 5.74) is 1.67. The summed E-state index contributed by atoms with van der Waals surface area (Å²) in [7, 11) is 0. The molecule has 1 aliphatic rings. The van der Waals surface area contributed by atoms with Crippen LogP contribution in [-0.4, -0.2) is 9.55 Å². The predicted octanol–water partition coefficient (Wildman–Crippen LogP) is 5.43. The van der Waals surface area contributed by atoms with Crippen molar-refractivity contribution in [2.45, 2.75) is 44.5 Å². The largest absolute Gasteiger partial charge is 0.324 e. The highest BCUT2D eigenvalue weighted by Gasteiger charge is 2.24. The van der Waals surface area contributed by atoms with E-state index < -0.39 is 0 Å². The van der Waals surface area contributed by atoms with Gasteiger partial charge in [0.15, 0.2) is 0 Å². The summed E-state index contributed by atoms with van der Waals surface area (Å²) in [6.07, 6.45) is 4.67. The molecule has 0 saturated heterocycles. The molecule has 1 fully saturated rings. The molecule has 3 rings (SSSR count). The Hall–Kier alpha value is -0.610. The summed E-state index contributed by atoms with van der Waals surface area (Å²) in [6.45, 7) is 2.29. The molecule has 0 amide bonds. The highest BCUT2D eigenvalue weighted by molar-refractivity contribution is 9.10. The molecule has 1 aromatic heterocycles. The Labute approximate surface area is 131 Å². The van der Waals surface area contributed by atoms with Gasteiger partial charge in [-0.3, -0.25) is 0 Å². The number of hydrogen-bond acceptors (Lipinski definition) is 1. The van der Waals surface area contributed by atoms with E-state index in [1.54, 1.807) is 12.1 Å². The summed E-state index contributed by atoms with van der Waals surface area (Å²) in [5.74, 6) is 1.74. The van der Waals surface area contributed by atoms with Gasteiger partial charge in [0, 0.05) is 12.1 Å². The maximum atomic E-state index is 13.9. The first-order chi connectivity index (χ1) is 9.60. The average Bonchev–Trinajstić information content (AvgIpc) is 2.78. The smallest absolute Gasteiger partial charge is 0.139 e. The monoisotopic (exact) mass is 358 g/mol. The van der Waals surface area contributed by atoms with Gasteiger partial charge in [0.1, 0.15) is 11.6 Å². The minimum Gasteiger partial charge on any atom is -0.324 e. The zero-order valence-electron chi connectivity index (χ0n) is 11.4. The number of rotatable bonds is 2. The SMILES string of the molecule is CC1CCC(n2c(CCl)nc3cc(Br)c(F)cc32)CC1. The van der Waals surface area contributed by atoms with Crippen LogP contribution in [0.1, 0.15) is 44.5 Å². The van der Waals surface area contributed by atoms with Crippen molar-refractivity contribution in [3.63, 3.8) is 0 Å². The van der Waals surface area contributed by atoms with Crippen LogP contribution in [0.2, 0.25) is 0 Å². The van der Waals surface area contributed by atoms with Crippen molar-refractivity contribution < 1.29 is 4.39 Å². The number of halogens is 3. The van der Waals surface area contributed by atoms with Crippen molar-refractivity contribution in [1.29, 1.82) is 0 Å². The third-order valence-electron chi connectivity index (χ3n) is 4.27. The van der Waals surface area contributed by atoms with Crippen LogP contribution in [0.25, 0.3) is 11.0 Å². The molecule has 2 nitrogen and oxygen atoms in total. The van der Waals surface area contributed by atoms with Gasteiger partial charge < -0.3 is 4.57 Å². The lowest BCUT2D eigenvalue weighted by atomic mass is 9.87. The number of benzene rings is 1. The van der Waals surface area contributed by atoms with Crippen LogP contribution < -0.4 is 0 Å². The Morgan fingerprint density at radius 3 is 2.70 bits per heavy atom. The zero-order chi connectivity index (χ0) is 14.3. The lowest BCUT2D eigenvalue weighted by molar-refractivity contribution is 0.290. The van der Waals surface area contributed by atoms with Gasteiger partial charge in [-0.05, 0) is 53.6 Å². The second-order valence-corrected chi connectivity index (χ2v) is 6.82. The van der Waals surface area contributed by atoms with Gasteiger partial charge in [0.2, 0.25) is 0 Å². The molecule has 0 N–H and O–H groups in total. The molecule has 1 aromatic carbocycles. The summed E-state index contributed by atoms with van der Waals surface area (Å²) in [6, 6.07) is 3.70. The molecule has 1 heterocycles. The summed E-state index contributed by atoms with van der Waals surface area (Å²) >= 11 is 9.26.